The fourth-order valence-electron chi connectivity index (χ4n) is 3.84. The molecule has 0 saturated carbocycles. The lowest BCUT2D eigenvalue weighted by atomic mass is 9.90. The van der Waals surface area contributed by atoms with Crippen molar-refractivity contribution >= 4 is 6.21 Å². The topological polar surface area (TPSA) is 34.1 Å². The number of piperidine rings is 1. The van der Waals surface area contributed by atoms with Gasteiger partial charge in [0, 0.05) is 24.4 Å². The van der Waals surface area contributed by atoms with Crippen molar-refractivity contribution in [1.29, 1.82) is 0 Å². The first kappa shape index (κ1) is 20.4. The first-order valence-corrected chi connectivity index (χ1v) is 10.3. The van der Waals surface area contributed by atoms with E-state index >= 15 is 0 Å². The standard InChI is InChI=1S/C24H32N2O2/c1-27-23-10-9-22(24(18-23)28-2)19-25-13-6-14-26-15-11-21(12-16-26)17-20-7-4-3-5-8-20/h3-5,7-10,18-19,21H,6,11-17H2,1-2H3/b25-19+. The van der Waals surface area contributed by atoms with Gasteiger partial charge in [-0.05, 0) is 68.9 Å². The van der Waals surface area contributed by atoms with Gasteiger partial charge in [0.2, 0.25) is 0 Å². The minimum Gasteiger partial charge on any atom is -0.497 e. The third-order valence-electron chi connectivity index (χ3n) is 5.51. The fraction of sp³-hybridized carbons (Fsp3) is 0.458. The van der Waals surface area contributed by atoms with Gasteiger partial charge in [-0.2, -0.15) is 0 Å². The van der Waals surface area contributed by atoms with E-state index in [4.69, 9.17) is 9.47 Å². The van der Waals surface area contributed by atoms with Gasteiger partial charge in [0.1, 0.15) is 11.5 Å². The molecular formula is C24H32N2O2. The molecule has 0 aromatic heterocycles. The number of hydrogen-bond acceptors (Lipinski definition) is 4. The number of rotatable bonds is 9. The Balaban J connectivity index is 1.35. The molecule has 0 atom stereocenters. The molecule has 150 valence electrons. The lowest BCUT2D eigenvalue weighted by molar-refractivity contribution is 0.183. The highest BCUT2D eigenvalue weighted by atomic mass is 16.5. The van der Waals surface area contributed by atoms with Crippen molar-refractivity contribution in [2.24, 2.45) is 10.9 Å². The van der Waals surface area contributed by atoms with E-state index in [1.165, 1.54) is 37.9 Å². The van der Waals surface area contributed by atoms with Crippen LogP contribution in [0.15, 0.2) is 53.5 Å². The highest BCUT2D eigenvalue weighted by Crippen LogP contribution is 2.23. The second-order valence-corrected chi connectivity index (χ2v) is 7.47. The molecule has 1 fully saturated rings. The molecule has 0 radical (unpaired) electrons. The maximum absolute atomic E-state index is 5.41. The van der Waals surface area contributed by atoms with Crippen molar-refractivity contribution in [3.63, 3.8) is 0 Å². The van der Waals surface area contributed by atoms with Gasteiger partial charge in [-0.3, -0.25) is 4.99 Å². The summed E-state index contributed by atoms with van der Waals surface area (Å²) < 4.78 is 10.6. The van der Waals surface area contributed by atoms with Gasteiger partial charge in [0.25, 0.3) is 0 Å². The third kappa shape index (κ3) is 6.10. The maximum Gasteiger partial charge on any atom is 0.131 e. The van der Waals surface area contributed by atoms with Crippen molar-refractivity contribution in [2.45, 2.75) is 25.7 Å². The number of ether oxygens (including phenoxy) is 2. The molecule has 3 rings (SSSR count). The van der Waals surface area contributed by atoms with Crippen LogP contribution in [0.3, 0.4) is 0 Å². The van der Waals surface area contributed by atoms with E-state index in [0.29, 0.717) is 0 Å². The molecule has 0 unspecified atom stereocenters. The number of hydrogen-bond donors (Lipinski definition) is 0. The number of methoxy groups -OCH3 is 2. The van der Waals surface area contributed by atoms with Gasteiger partial charge in [0.15, 0.2) is 0 Å². The van der Waals surface area contributed by atoms with Crippen LogP contribution in [0.2, 0.25) is 0 Å². The average molecular weight is 381 g/mol. The van der Waals surface area contributed by atoms with Crippen molar-refractivity contribution in [1.82, 2.24) is 4.90 Å². The number of benzene rings is 2. The van der Waals surface area contributed by atoms with Crippen LogP contribution < -0.4 is 9.47 Å². The Labute approximate surface area is 169 Å². The second-order valence-electron chi connectivity index (χ2n) is 7.47. The molecule has 2 aromatic rings. The van der Waals surface area contributed by atoms with Crippen LogP contribution in [0.5, 0.6) is 11.5 Å². The zero-order valence-electron chi connectivity index (χ0n) is 17.1. The van der Waals surface area contributed by atoms with Gasteiger partial charge in [-0.1, -0.05) is 30.3 Å². The van der Waals surface area contributed by atoms with Crippen LogP contribution in [0.1, 0.15) is 30.4 Å². The summed E-state index contributed by atoms with van der Waals surface area (Å²) in [4.78, 5) is 7.18. The molecule has 0 spiro atoms. The largest absolute Gasteiger partial charge is 0.497 e. The lowest BCUT2D eigenvalue weighted by Gasteiger charge is -2.31. The smallest absolute Gasteiger partial charge is 0.131 e. The summed E-state index contributed by atoms with van der Waals surface area (Å²) >= 11 is 0. The van der Waals surface area contributed by atoms with Gasteiger partial charge < -0.3 is 14.4 Å². The molecule has 0 bridgehead atoms. The number of likely N-dealkylation sites (tertiary alicyclic amines) is 1. The third-order valence-corrected chi connectivity index (χ3v) is 5.51. The molecule has 28 heavy (non-hydrogen) atoms. The molecule has 4 heteroatoms. The Hall–Kier alpha value is -2.33. The Morgan fingerprint density at radius 3 is 2.54 bits per heavy atom. The van der Waals surface area contributed by atoms with E-state index in [1.807, 2.05) is 24.4 Å². The first-order valence-electron chi connectivity index (χ1n) is 10.3. The zero-order chi connectivity index (χ0) is 19.6. The van der Waals surface area contributed by atoms with Gasteiger partial charge in [0.05, 0.1) is 14.2 Å². The molecule has 2 aromatic carbocycles. The second kappa shape index (κ2) is 10.9. The SMILES string of the molecule is COc1ccc(/C=N/CCCN2CCC(Cc3ccccc3)CC2)c(OC)c1. The number of aliphatic imine (C=N–C) groups is 1. The summed E-state index contributed by atoms with van der Waals surface area (Å²) in [5.41, 5.74) is 2.47. The van der Waals surface area contributed by atoms with Crippen molar-refractivity contribution < 1.29 is 9.47 Å². The predicted octanol–water partition coefficient (Wildman–Crippen LogP) is 4.47. The van der Waals surface area contributed by atoms with Crippen LogP contribution in [0.25, 0.3) is 0 Å². The van der Waals surface area contributed by atoms with Crippen LogP contribution in [0.4, 0.5) is 0 Å². The average Bonchev–Trinajstić information content (AvgIpc) is 2.75. The molecule has 0 N–H and O–H groups in total. The molecule has 0 amide bonds. The molecule has 1 aliphatic heterocycles. The van der Waals surface area contributed by atoms with Crippen molar-refractivity contribution in [3.05, 3.63) is 59.7 Å². The van der Waals surface area contributed by atoms with E-state index in [-0.39, 0.29) is 0 Å². The Morgan fingerprint density at radius 1 is 1.04 bits per heavy atom. The van der Waals surface area contributed by atoms with Gasteiger partial charge in [-0.25, -0.2) is 0 Å². The maximum atomic E-state index is 5.41. The summed E-state index contributed by atoms with van der Waals surface area (Å²) in [6.07, 6.45) is 6.84. The van der Waals surface area contributed by atoms with E-state index in [0.717, 1.165) is 42.5 Å². The van der Waals surface area contributed by atoms with E-state index in [2.05, 4.69) is 40.2 Å². The Morgan fingerprint density at radius 2 is 1.82 bits per heavy atom. The summed E-state index contributed by atoms with van der Waals surface area (Å²) in [6, 6.07) is 16.7. The predicted molar refractivity (Wildman–Crippen MR) is 116 cm³/mol. The number of nitrogens with zero attached hydrogens (tertiary/aromatic N) is 2. The molecule has 1 aliphatic rings. The lowest BCUT2D eigenvalue weighted by Crippen LogP contribution is -2.35. The van der Waals surface area contributed by atoms with E-state index in [9.17, 15) is 0 Å². The van der Waals surface area contributed by atoms with Crippen LogP contribution in [-0.2, 0) is 6.42 Å². The monoisotopic (exact) mass is 380 g/mol. The summed E-state index contributed by atoms with van der Waals surface area (Å²) in [7, 11) is 3.33. The normalized spacial score (nSPS) is 15.8. The van der Waals surface area contributed by atoms with E-state index in [1.54, 1.807) is 14.2 Å². The fourth-order valence-corrected chi connectivity index (χ4v) is 3.84. The van der Waals surface area contributed by atoms with E-state index < -0.39 is 0 Å². The quantitative estimate of drug-likeness (QED) is 0.475. The van der Waals surface area contributed by atoms with Crippen LogP contribution >= 0.6 is 0 Å². The molecular weight excluding hydrogens is 348 g/mol. The summed E-state index contributed by atoms with van der Waals surface area (Å²) in [6.45, 7) is 4.41. The minimum atomic E-state index is 0.795. The Bertz CT molecular complexity index is 738. The zero-order valence-corrected chi connectivity index (χ0v) is 17.1. The minimum absolute atomic E-state index is 0.795. The van der Waals surface area contributed by atoms with Crippen molar-refractivity contribution in [2.75, 3.05) is 40.4 Å². The summed E-state index contributed by atoms with van der Waals surface area (Å²) in [5.74, 6) is 2.42. The first-order chi connectivity index (χ1) is 13.8. The summed E-state index contributed by atoms with van der Waals surface area (Å²) in [5, 5.41) is 0. The van der Waals surface area contributed by atoms with Crippen LogP contribution in [-0.4, -0.2) is 51.5 Å². The van der Waals surface area contributed by atoms with Gasteiger partial charge in [-0.15, -0.1) is 0 Å². The molecule has 0 aliphatic carbocycles. The highest BCUT2D eigenvalue weighted by Gasteiger charge is 2.18. The van der Waals surface area contributed by atoms with Crippen LogP contribution in [0, 0.1) is 5.92 Å². The highest BCUT2D eigenvalue weighted by molar-refractivity contribution is 5.83. The molecule has 1 heterocycles. The Kier molecular flexibility index (Phi) is 7.92. The van der Waals surface area contributed by atoms with Crippen molar-refractivity contribution in [3.8, 4) is 11.5 Å². The molecule has 4 nitrogen and oxygen atoms in total. The molecule has 1 saturated heterocycles. The van der Waals surface area contributed by atoms with Gasteiger partial charge >= 0.3 is 0 Å².